The van der Waals surface area contributed by atoms with Gasteiger partial charge in [0, 0.05) is 25.2 Å². The van der Waals surface area contributed by atoms with Crippen LogP contribution in [-0.2, 0) is 4.79 Å². The summed E-state index contributed by atoms with van der Waals surface area (Å²) in [6, 6.07) is 3.39. The largest absolute Gasteiger partial charge is 0.481 e. The molecule has 3 nitrogen and oxygen atoms in total. The zero-order chi connectivity index (χ0) is 13.3. The number of carbonyl (C=O) groups is 1. The van der Waals surface area contributed by atoms with Crippen molar-refractivity contribution in [1.82, 2.24) is 4.90 Å². The summed E-state index contributed by atoms with van der Waals surface area (Å²) in [4.78, 5) is 12.5. The maximum Gasteiger partial charge on any atom is 0.303 e. The van der Waals surface area contributed by atoms with Crippen molar-refractivity contribution >= 4 is 5.97 Å². The fourth-order valence-electron chi connectivity index (χ4n) is 2.33. The first kappa shape index (κ1) is 13.0. The van der Waals surface area contributed by atoms with E-state index in [1.807, 2.05) is 11.8 Å². The van der Waals surface area contributed by atoms with Crippen LogP contribution in [0.4, 0.5) is 8.78 Å². The number of hydrogen-bond donors (Lipinski definition) is 1. The molecule has 0 radical (unpaired) electrons. The molecule has 0 aliphatic carbocycles. The number of aliphatic carboxylic acids is 1. The molecule has 1 aliphatic heterocycles. The molecule has 0 bridgehead atoms. The van der Waals surface area contributed by atoms with Gasteiger partial charge in [0.25, 0.3) is 0 Å². The number of carboxylic acid groups (broad SMARTS) is 1. The van der Waals surface area contributed by atoms with Crippen LogP contribution in [-0.4, -0.2) is 29.1 Å². The van der Waals surface area contributed by atoms with Crippen LogP contribution in [0.5, 0.6) is 0 Å². The van der Waals surface area contributed by atoms with Crippen molar-refractivity contribution in [3.63, 3.8) is 0 Å². The first-order chi connectivity index (χ1) is 8.45. The quantitative estimate of drug-likeness (QED) is 0.898. The van der Waals surface area contributed by atoms with Gasteiger partial charge in [0.05, 0.1) is 6.42 Å². The van der Waals surface area contributed by atoms with Gasteiger partial charge in [-0.15, -0.1) is 0 Å². The zero-order valence-corrected chi connectivity index (χ0v) is 10.1. The summed E-state index contributed by atoms with van der Waals surface area (Å²) in [7, 11) is 0. The third-order valence-electron chi connectivity index (χ3n) is 3.36. The van der Waals surface area contributed by atoms with Gasteiger partial charge < -0.3 is 5.11 Å². The van der Waals surface area contributed by atoms with E-state index in [-0.39, 0.29) is 18.4 Å². The van der Waals surface area contributed by atoms with Crippen LogP contribution in [0.15, 0.2) is 18.2 Å². The molecule has 18 heavy (non-hydrogen) atoms. The summed E-state index contributed by atoms with van der Waals surface area (Å²) in [5.74, 6) is -1.83. The first-order valence-corrected chi connectivity index (χ1v) is 5.87. The third-order valence-corrected chi connectivity index (χ3v) is 3.36. The van der Waals surface area contributed by atoms with Gasteiger partial charge in [-0.1, -0.05) is 0 Å². The lowest BCUT2D eigenvalue weighted by molar-refractivity contribution is -0.139. The maximum absolute atomic E-state index is 13.1. The maximum atomic E-state index is 13.1. The van der Waals surface area contributed by atoms with Gasteiger partial charge in [0.1, 0.15) is 11.6 Å². The Labute approximate surface area is 104 Å². The van der Waals surface area contributed by atoms with Crippen molar-refractivity contribution in [2.45, 2.75) is 19.4 Å². The topological polar surface area (TPSA) is 40.5 Å². The van der Waals surface area contributed by atoms with E-state index in [0.717, 1.165) is 6.07 Å². The monoisotopic (exact) mass is 255 g/mol. The molecule has 5 heteroatoms. The van der Waals surface area contributed by atoms with E-state index in [0.29, 0.717) is 18.7 Å². The molecular weight excluding hydrogens is 240 g/mol. The molecule has 1 aliphatic rings. The smallest absolute Gasteiger partial charge is 0.303 e. The van der Waals surface area contributed by atoms with Gasteiger partial charge in [0.2, 0.25) is 0 Å². The molecule has 1 saturated heterocycles. The molecule has 1 aromatic rings. The van der Waals surface area contributed by atoms with Gasteiger partial charge in [-0.3, -0.25) is 9.69 Å². The highest BCUT2D eigenvalue weighted by molar-refractivity contribution is 5.67. The number of hydrogen-bond acceptors (Lipinski definition) is 2. The van der Waals surface area contributed by atoms with Gasteiger partial charge in [-0.05, 0) is 30.5 Å². The molecule has 0 aromatic heterocycles. The average molecular weight is 255 g/mol. The Bertz CT molecular complexity index is 438. The lowest BCUT2D eigenvalue weighted by atomic mass is 9.92. The van der Waals surface area contributed by atoms with Crippen LogP contribution in [0.25, 0.3) is 0 Å². The van der Waals surface area contributed by atoms with Crippen LogP contribution < -0.4 is 0 Å². The van der Waals surface area contributed by atoms with Crippen LogP contribution >= 0.6 is 0 Å². The summed E-state index contributed by atoms with van der Waals surface area (Å²) < 4.78 is 26.2. The molecule has 98 valence electrons. The van der Waals surface area contributed by atoms with Crippen LogP contribution in [0, 0.1) is 17.6 Å². The molecule has 1 aromatic carbocycles. The first-order valence-electron chi connectivity index (χ1n) is 5.87. The zero-order valence-electron chi connectivity index (χ0n) is 10.1. The minimum absolute atomic E-state index is 0.0970. The standard InChI is InChI=1S/C13H15F2NO2/c1-8(10-3-11(14)5-12(15)4-10)16-6-9(7-16)2-13(17)18/h3-5,8-9H,2,6-7H2,1H3,(H,17,18). The second-order valence-electron chi connectivity index (χ2n) is 4.80. The molecule has 1 atom stereocenters. The highest BCUT2D eigenvalue weighted by Gasteiger charge is 2.32. The van der Waals surface area contributed by atoms with E-state index in [4.69, 9.17) is 5.11 Å². The van der Waals surface area contributed by atoms with Crippen molar-refractivity contribution in [2.24, 2.45) is 5.92 Å². The van der Waals surface area contributed by atoms with Crippen molar-refractivity contribution in [3.05, 3.63) is 35.4 Å². The Balaban J connectivity index is 1.97. The summed E-state index contributed by atoms with van der Waals surface area (Å²) in [5, 5.41) is 8.65. The second-order valence-corrected chi connectivity index (χ2v) is 4.80. The Hall–Kier alpha value is -1.49. The van der Waals surface area contributed by atoms with E-state index >= 15 is 0 Å². The van der Waals surface area contributed by atoms with Crippen LogP contribution in [0.1, 0.15) is 24.9 Å². The Kier molecular flexibility index (Phi) is 3.61. The molecular formula is C13H15F2NO2. The fourth-order valence-corrected chi connectivity index (χ4v) is 2.33. The highest BCUT2D eigenvalue weighted by atomic mass is 19.1. The second kappa shape index (κ2) is 5.02. The van der Waals surface area contributed by atoms with Gasteiger partial charge >= 0.3 is 5.97 Å². The minimum atomic E-state index is -0.802. The number of benzene rings is 1. The Morgan fingerprint density at radius 3 is 2.44 bits per heavy atom. The predicted molar refractivity (Wildman–Crippen MR) is 62.1 cm³/mol. The van der Waals surface area contributed by atoms with E-state index in [9.17, 15) is 13.6 Å². The number of nitrogens with zero attached hydrogens (tertiary/aromatic N) is 1. The van der Waals surface area contributed by atoms with E-state index in [1.165, 1.54) is 12.1 Å². The van der Waals surface area contributed by atoms with E-state index < -0.39 is 17.6 Å². The normalized spacial score (nSPS) is 18.4. The van der Waals surface area contributed by atoms with Crippen molar-refractivity contribution in [1.29, 1.82) is 0 Å². The lowest BCUT2D eigenvalue weighted by Crippen LogP contribution is -2.48. The van der Waals surface area contributed by atoms with Crippen molar-refractivity contribution in [3.8, 4) is 0 Å². The van der Waals surface area contributed by atoms with E-state index in [1.54, 1.807) is 0 Å². The minimum Gasteiger partial charge on any atom is -0.481 e. The molecule has 0 amide bonds. The lowest BCUT2D eigenvalue weighted by Gasteiger charge is -2.42. The predicted octanol–water partition coefficient (Wildman–Crippen LogP) is 2.43. The molecule has 2 rings (SSSR count). The summed E-state index contributed by atoms with van der Waals surface area (Å²) in [6.45, 7) is 3.18. The van der Waals surface area contributed by atoms with Crippen LogP contribution in [0.3, 0.4) is 0 Å². The Morgan fingerprint density at radius 1 is 1.39 bits per heavy atom. The van der Waals surface area contributed by atoms with Crippen molar-refractivity contribution in [2.75, 3.05) is 13.1 Å². The van der Waals surface area contributed by atoms with Crippen LogP contribution in [0.2, 0.25) is 0 Å². The highest BCUT2D eigenvalue weighted by Crippen LogP contribution is 2.30. The molecule has 1 heterocycles. The van der Waals surface area contributed by atoms with Crippen molar-refractivity contribution < 1.29 is 18.7 Å². The fraction of sp³-hybridized carbons (Fsp3) is 0.462. The SMILES string of the molecule is CC(c1cc(F)cc(F)c1)N1CC(CC(=O)O)C1. The third kappa shape index (κ3) is 2.85. The number of likely N-dealkylation sites (tertiary alicyclic amines) is 1. The number of carboxylic acids is 1. The molecule has 0 saturated carbocycles. The molecule has 1 fully saturated rings. The number of rotatable bonds is 4. The molecule has 1 N–H and O–H groups in total. The summed E-state index contributed by atoms with van der Waals surface area (Å²) in [5.41, 5.74) is 0.585. The molecule has 0 spiro atoms. The van der Waals surface area contributed by atoms with E-state index in [2.05, 4.69) is 0 Å². The number of halogens is 2. The average Bonchev–Trinajstić information content (AvgIpc) is 2.20. The van der Waals surface area contributed by atoms with Gasteiger partial charge in [-0.2, -0.15) is 0 Å². The summed E-state index contributed by atoms with van der Waals surface area (Å²) in [6.07, 6.45) is 0.154. The molecule has 1 unspecified atom stereocenters. The summed E-state index contributed by atoms with van der Waals surface area (Å²) >= 11 is 0. The Morgan fingerprint density at radius 2 is 1.94 bits per heavy atom. The van der Waals surface area contributed by atoms with Gasteiger partial charge in [0.15, 0.2) is 0 Å². The van der Waals surface area contributed by atoms with Gasteiger partial charge in [-0.25, -0.2) is 8.78 Å².